The van der Waals surface area contributed by atoms with E-state index in [1.54, 1.807) is 12.1 Å². The molecule has 0 fully saturated rings. The summed E-state index contributed by atoms with van der Waals surface area (Å²) in [5.41, 5.74) is 0. The molecule has 0 heterocycles. The summed E-state index contributed by atoms with van der Waals surface area (Å²) >= 11 is 0. The summed E-state index contributed by atoms with van der Waals surface area (Å²) in [4.78, 5) is 0.230. The highest BCUT2D eigenvalue weighted by Crippen LogP contribution is 2.17. The van der Waals surface area contributed by atoms with Crippen molar-refractivity contribution < 1.29 is 17.5 Å². The maximum Gasteiger partial charge on any atom is 0.175 e. The Bertz CT molecular complexity index is 466. The molecule has 0 amide bonds. The smallest absolute Gasteiger partial charge is 0.175 e. The highest BCUT2D eigenvalue weighted by Gasteiger charge is 2.11. The lowest BCUT2D eigenvalue weighted by molar-refractivity contribution is 0.174. The van der Waals surface area contributed by atoms with Crippen LogP contribution in [0.3, 0.4) is 0 Å². The lowest BCUT2D eigenvalue weighted by atomic mass is 10.1. The van der Waals surface area contributed by atoms with Gasteiger partial charge in [0.2, 0.25) is 0 Å². The molecule has 0 radical (unpaired) electrons. The summed E-state index contributed by atoms with van der Waals surface area (Å²) in [5, 5.41) is 0. The van der Waals surface area contributed by atoms with Crippen LogP contribution in [-0.4, -0.2) is 27.5 Å². The van der Waals surface area contributed by atoms with Crippen LogP contribution in [0.4, 0.5) is 4.39 Å². The summed E-state index contributed by atoms with van der Waals surface area (Å²) in [7, 11) is -3.20. The maximum atomic E-state index is 13.4. The molecule has 0 aliphatic heterocycles. The van der Waals surface area contributed by atoms with Crippen LogP contribution in [0, 0.1) is 5.92 Å². The highest BCUT2D eigenvalue weighted by atomic mass is 32.2. The van der Waals surface area contributed by atoms with E-state index in [1.165, 1.54) is 12.1 Å². The van der Waals surface area contributed by atoms with Gasteiger partial charge in [-0.25, -0.2) is 12.8 Å². The molecule has 0 aliphatic rings. The van der Waals surface area contributed by atoms with Crippen molar-refractivity contribution in [1.82, 2.24) is 0 Å². The Morgan fingerprint density at radius 3 is 2.22 bits per heavy atom. The van der Waals surface area contributed by atoms with Gasteiger partial charge in [-0.2, -0.15) is 0 Å². The molecule has 1 rings (SSSR count). The van der Waals surface area contributed by atoms with Gasteiger partial charge in [0.1, 0.15) is 18.5 Å². The van der Waals surface area contributed by atoms with Gasteiger partial charge in [0, 0.05) is 6.26 Å². The monoisotopic (exact) mass is 274 g/mol. The highest BCUT2D eigenvalue weighted by molar-refractivity contribution is 7.90. The minimum atomic E-state index is -3.20. The standard InChI is InChI=1S/C13H19FO3S/c1-10(2)8-11(14)9-17-12-4-6-13(7-5-12)18(3,15)16/h4-7,10-11H,8-9H2,1-3H3/t11-/m1/s1. The second-order valence-electron chi connectivity index (χ2n) is 4.78. The summed E-state index contributed by atoms with van der Waals surface area (Å²) in [6.45, 7) is 3.90. The van der Waals surface area contributed by atoms with Crippen molar-refractivity contribution in [3.05, 3.63) is 24.3 Å². The molecule has 5 heteroatoms. The number of rotatable bonds is 6. The average molecular weight is 274 g/mol. The van der Waals surface area contributed by atoms with E-state index in [-0.39, 0.29) is 17.4 Å². The Labute approximate surface area is 108 Å². The average Bonchev–Trinajstić information content (AvgIpc) is 2.25. The SMILES string of the molecule is CC(C)C[C@@H](F)COc1ccc(S(C)(=O)=O)cc1. The number of ether oxygens (including phenoxy) is 1. The molecule has 0 aliphatic carbocycles. The van der Waals surface area contributed by atoms with E-state index in [4.69, 9.17) is 4.74 Å². The number of alkyl halides is 1. The van der Waals surface area contributed by atoms with Crippen molar-refractivity contribution in [3.8, 4) is 5.75 Å². The molecule has 0 unspecified atom stereocenters. The Kier molecular flexibility index (Phi) is 5.14. The first-order valence-corrected chi connectivity index (χ1v) is 7.75. The first-order valence-electron chi connectivity index (χ1n) is 5.86. The van der Waals surface area contributed by atoms with E-state index in [2.05, 4.69) is 0 Å². The summed E-state index contributed by atoms with van der Waals surface area (Å²) in [5.74, 6) is 0.769. The summed E-state index contributed by atoms with van der Waals surface area (Å²) < 4.78 is 41.1. The van der Waals surface area contributed by atoms with E-state index in [0.29, 0.717) is 12.2 Å². The fourth-order valence-corrected chi connectivity index (χ4v) is 2.18. The molecular weight excluding hydrogens is 255 g/mol. The van der Waals surface area contributed by atoms with Crippen molar-refractivity contribution in [2.75, 3.05) is 12.9 Å². The number of hydrogen-bond acceptors (Lipinski definition) is 3. The molecule has 102 valence electrons. The van der Waals surface area contributed by atoms with Gasteiger partial charge in [-0.3, -0.25) is 0 Å². The van der Waals surface area contributed by atoms with Gasteiger partial charge >= 0.3 is 0 Å². The van der Waals surface area contributed by atoms with Crippen LogP contribution in [0.2, 0.25) is 0 Å². The van der Waals surface area contributed by atoms with E-state index in [0.717, 1.165) is 6.26 Å². The van der Waals surface area contributed by atoms with Crippen molar-refractivity contribution >= 4 is 9.84 Å². The molecule has 3 nitrogen and oxygen atoms in total. The molecule has 1 aromatic rings. The van der Waals surface area contributed by atoms with Crippen LogP contribution < -0.4 is 4.74 Å². The van der Waals surface area contributed by atoms with Gasteiger partial charge < -0.3 is 4.74 Å². The largest absolute Gasteiger partial charge is 0.491 e. The molecule has 1 aromatic carbocycles. The van der Waals surface area contributed by atoms with Crippen LogP contribution in [-0.2, 0) is 9.84 Å². The Morgan fingerprint density at radius 1 is 1.22 bits per heavy atom. The Morgan fingerprint density at radius 2 is 1.78 bits per heavy atom. The second kappa shape index (κ2) is 6.18. The molecular formula is C13H19FO3S. The van der Waals surface area contributed by atoms with Gasteiger partial charge in [-0.1, -0.05) is 13.8 Å². The zero-order valence-electron chi connectivity index (χ0n) is 10.9. The van der Waals surface area contributed by atoms with Crippen molar-refractivity contribution in [1.29, 1.82) is 0 Å². The maximum absolute atomic E-state index is 13.4. The minimum Gasteiger partial charge on any atom is -0.491 e. The molecule has 0 aromatic heterocycles. The molecule has 0 saturated heterocycles. The van der Waals surface area contributed by atoms with Crippen molar-refractivity contribution in [2.24, 2.45) is 5.92 Å². The Balaban J connectivity index is 2.55. The third-order valence-corrected chi connectivity index (χ3v) is 3.54. The quantitative estimate of drug-likeness (QED) is 0.801. The normalized spacial score (nSPS) is 13.6. The fraction of sp³-hybridized carbons (Fsp3) is 0.538. The second-order valence-corrected chi connectivity index (χ2v) is 6.80. The van der Waals surface area contributed by atoms with Gasteiger partial charge in [-0.05, 0) is 36.6 Å². The number of hydrogen-bond donors (Lipinski definition) is 0. The summed E-state index contributed by atoms with van der Waals surface area (Å²) in [6, 6.07) is 6.00. The number of benzene rings is 1. The van der Waals surface area contributed by atoms with Gasteiger partial charge in [-0.15, -0.1) is 0 Å². The number of sulfone groups is 1. The number of halogens is 1. The molecule has 0 spiro atoms. The molecule has 1 atom stereocenters. The van der Waals surface area contributed by atoms with E-state index >= 15 is 0 Å². The fourth-order valence-electron chi connectivity index (χ4n) is 1.55. The van der Waals surface area contributed by atoms with E-state index in [1.807, 2.05) is 13.8 Å². The third kappa shape index (κ3) is 5.04. The summed E-state index contributed by atoms with van der Waals surface area (Å²) in [6.07, 6.45) is 0.601. The van der Waals surface area contributed by atoms with Crippen molar-refractivity contribution in [2.45, 2.75) is 31.3 Å². The minimum absolute atomic E-state index is 0.00357. The molecule has 0 bridgehead atoms. The van der Waals surface area contributed by atoms with Crippen molar-refractivity contribution in [3.63, 3.8) is 0 Å². The first kappa shape index (κ1) is 15.0. The van der Waals surface area contributed by atoms with Crippen LogP contribution in [0.15, 0.2) is 29.2 Å². The van der Waals surface area contributed by atoms with E-state index < -0.39 is 16.0 Å². The Hall–Kier alpha value is -1.10. The zero-order valence-corrected chi connectivity index (χ0v) is 11.7. The molecule has 18 heavy (non-hydrogen) atoms. The predicted molar refractivity (Wildman–Crippen MR) is 69.4 cm³/mol. The van der Waals surface area contributed by atoms with Gasteiger partial charge in [0.05, 0.1) is 4.90 Å². The van der Waals surface area contributed by atoms with Crippen LogP contribution in [0.1, 0.15) is 20.3 Å². The van der Waals surface area contributed by atoms with Crippen LogP contribution >= 0.6 is 0 Å². The topological polar surface area (TPSA) is 43.4 Å². The van der Waals surface area contributed by atoms with Crippen LogP contribution in [0.25, 0.3) is 0 Å². The lowest BCUT2D eigenvalue weighted by Crippen LogP contribution is -2.15. The van der Waals surface area contributed by atoms with Crippen LogP contribution in [0.5, 0.6) is 5.75 Å². The van der Waals surface area contributed by atoms with Gasteiger partial charge in [0.15, 0.2) is 9.84 Å². The van der Waals surface area contributed by atoms with Gasteiger partial charge in [0.25, 0.3) is 0 Å². The predicted octanol–water partition coefficient (Wildman–Crippen LogP) is 2.85. The molecule has 0 N–H and O–H groups in total. The molecule has 0 saturated carbocycles. The lowest BCUT2D eigenvalue weighted by Gasteiger charge is -2.12. The first-order chi connectivity index (χ1) is 8.29. The van der Waals surface area contributed by atoms with E-state index in [9.17, 15) is 12.8 Å². The zero-order chi connectivity index (χ0) is 13.8. The third-order valence-electron chi connectivity index (χ3n) is 2.41.